The van der Waals surface area contributed by atoms with E-state index in [-0.39, 0.29) is 0 Å². The van der Waals surface area contributed by atoms with Gasteiger partial charge in [0.25, 0.3) is 0 Å². The number of tetrazole rings is 1. The van der Waals surface area contributed by atoms with Crippen molar-refractivity contribution in [3.8, 4) is 17.1 Å². The molecule has 5 heteroatoms. The van der Waals surface area contributed by atoms with Crippen LogP contribution in [0.2, 0.25) is 0 Å². The highest BCUT2D eigenvalue weighted by Crippen LogP contribution is 2.26. The summed E-state index contributed by atoms with van der Waals surface area (Å²) in [6.07, 6.45) is 0.970. The molecule has 1 heterocycles. The third-order valence-corrected chi connectivity index (χ3v) is 3.48. The Kier molecular flexibility index (Phi) is 3.39. The Hall–Kier alpha value is -2.69. The molecule has 21 heavy (non-hydrogen) atoms. The molecular formula is C16H17N5. The van der Waals surface area contributed by atoms with Crippen molar-refractivity contribution in [2.24, 2.45) is 0 Å². The minimum atomic E-state index is 0.657. The fourth-order valence-electron chi connectivity index (χ4n) is 2.30. The van der Waals surface area contributed by atoms with Gasteiger partial charge in [0, 0.05) is 11.3 Å². The first-order valence-electron chi connectivity index (χ1n) is 6.93. The normalized spacial score (nSPS) is 10.8. The number of rotatable bonds is 3. The van der Waals surface area contributed by atoms with Crippen molar-refractivity contribution in [1.82, 2.24) is 20.2 Å². The van der Waals surface area contributed by atoms with Gasteiger partial charge in [0.05, 0.1) is 5.69 Å². The van der Waals surface area contributed by atoms with Gasteiger partial charge in [-0.1, -0.05) is 30.7 Å². The molecule has 0 saturated heterocycles. The molecular weight excluding hydrogens is 262 g/mol. The van der Waals surface area contributed by atoms with Crippen LogP contribution in [0.1, 0.15) is 18.1 Å². The van der Waals surface area contributed by atoms with Gasteiger partial charge in [-0.15, -0.1) is 5.10 Å². The quantitative estimate of drug-likeness (QED) is 0.748. The van der Waals surface area contributed by atoms with Crippen LogP contribution in [0, 0.1) is 6.92 Å². The predicted octanol–water partition coefficient (Wildman–Crippen LogP) is 2.78. The van der Waals surface area contributed by atoms with E-state index >= 15 is 0 Å². The Bertz CT molecular complexity index is 776. The maximum atomic E-state index is 6.07. The van der Waals surface area contributed by atoms with E-state index in [1.807, 2.05) is 37.3 Å². The maximum absolute atomic E-state index is 6.07. The zero-order chi connectivity index (χ0) is 14.8. The summed E-state index contributed by atoms with van der Waals surface area (Å²) in [5.74, 6) is 0.657. The van der Waals surface area contributed by atoms with Crippen molar-refractivity contribution in [1.29, 1.82) is 0 Å². The van der Waals surface area contributed by atoms with Gasteiger partial charge in [-0.05, 0) is 53.6 Å². The zero-order valence-corrected chi connectivity index (χ0v) is 12.1. The smallest absolute Gasteiger partial charge is 0.189 e. The van der Waals surface area contributed by atoms with Crippen molar-refractivity contribution >= 4 is 5.69 Å². The van der Waals surface area contributed by atoms with Crippen LogP contribution >= 0.6 is 0 Å². The lowest BCUT2D eigenvalue weighted by atomic mass is 10.1. The van der Waals surface area contributed by atoms with Crippen LogP contribution in [-0.4, -0.2) is 20.2 Å². The predicted molar refractivity (Wildman–Crippen MR) is 83.1 cm³/mol. The highest BCUT2D eigenvalue weighted by molar-refractivity contribution is 5.73. The Morgan fingerprint density at radius 3 is 2.81 bits per heavy atom. The van der Waals surface area contributed by atoms with Gasteiger partial charge < -0.3 is 5.73 Å². The maximum Gasteiger partial charge on any atom is 0.189 e. The Morgan fingerprint density at radius 1 is 1.14 bits per heavy atom. The molecule has 106 valence electrons. The standard InChI is InChI=1S/C16H17N5/c1-3-12-5-4-6-13(10-12)21-16(18-19-20-21)14-9-11(2)7-8-15(14)17/h4-10H,3,17H2,1-2H3. The lowest BCUT2D eigenvalue weighted by molar-refractivity contribution is 0.790. The van der Waals surface area contributed by atoms with Crippen LogP contribution in [0.3, 0.4) is 0 Å². The van der Waals surface area contributed by atoms with Gasteiger partial charge in [0.2, 0.25) is 0 Å². The van der Waals surface area contributed by atoms with Crippen molar-refractivity contribution in [3.63, 3.8) is 0 Å². The van der Waals surface area contributed by atoms with E-state index in [4.69, 9.17) is 5.73 Å². The van der Waals surface area contributed by atoms with E-state index in [2.05, 4.69) is 34.6 Å². The van der Waals surface area contributed by atoms with Gasteiger partial charge in [-0.2, -0.15) is 4.68 Å². The topological polar surface area (TPSA) is 69.6 Å². The number of nitrogen functional groups attached to an aromatic ring is 1. The van der Waals surface area contributed by atoms with Crippen molar-refractivity contribution < 1.29 is 0 Å². The third kappa shape index (κ3) is 2.50. The molecule has 2 aromatic carbocycles. The third-order valence-electron chi connectivity index (χ3n) is 3.48. The van der Waals surface area contributed by atoms with E-state index in [0.29, 0.717) is 11.5 Å². The lowest BCUT2D eigenvalue weighted by Crippen LogP contribution is -2.02. The van der Waals surface area contributed by atoms with E-state index in [0.717, 1.165) is 23.2 Å². The average Bonchev–Trinajstić information content (AvgIpc) is 2.99. The molecule has 1 aromatic heterocycles. The molecule has 0 atom stereocenters. The molecule has 0 saturated carbocycles. The van der Waals surface area contributed by atoms with Gasteiger partial charge in [0.1, 0.15) is 0 Å². The minimum Gasteiger partial charge on any atom is -0.398 e. The van der Waals surface area contributed by atoms with Crippen molar-refractivity contribution in [3.05, 3.63) is 53.6 Å². The van der Waals surface area contributed by atoms with Crippen molar-refractivity contribution in [2.45, 2.75) is 20.3 Å². The van der Waals surface area contributed by atoms with Gasteiger partial charge in [0.15, 0.2) is 5.82 Å². The molecule has 0 spiro atoms. The fourth-order valence-corrected chi connectivity index (χ4v) is 2.30. The molecule has 3 aromatic rings. The molecule has 0 fully saturated rings. The number of aryl methyl sites for hydroxylation is 2. The molecule has 5 nitrogen and oxygen atoms in total. The Balaban J connectivity index is 2.14. The summed E-state index contributed by atoms with van der Waals surface area (Å²) in [5.41, 5.74) is 10.9. The number of hydrogen-bond donors (Lipinski definition) is 1. The monoisotopic (exact) mass is 279 g/mol. The van der Waals surface area contributed by atoms with Crippen LogP contribution in [0.15, 0.2) is 42.5 Å². The van der Waals surface area contributed by atoms with Gasteiger partial charge in [-0.25, -0.2) is 0 Å². The highest BCUT2D eigenvalue weighted by atomic mass is 15.5. The minimum absolute atomic E-state index is 0.657. The summed E-state index contributed by atoms with van der Waals surface area (Å²) < 4.78 is 1.73. The van der Waals surface area contributed by atoms with Gasteiger partial charge in [-0.3, -0.25) is 0 Å². The van der Waals surface area contributed by atoms with Crippen molar-refractivity contribution in [2.75, 3.05) is 5.73 Å². The molecule has 3 rings (SSSR count). The largest absolute Gasteiger partial charge is 0.398 e. The Labute approximate surface area is 123 Å². The first kappa shape index (κ1) is 13.3. The van der Waals surface area contributed by atoms with Crippen LogP contribution in [0.25, 0.3) is 17.1 Å². The Morgan fingerprint density at radius 2 is 2.00 bits per heavy atom. The number of nitrogens with zero attached hydrogens (tertiary/aromatic N) is 4. The number of hydrogen-bond acceptors (Lipinski definition) is 4. The van der Waals surface area contributed by atoms with Gasteiger partial charge >= 0.3 is 0 Å². The first-order chi connectivity index (χ1) is 10.2. The van der Waals surface area contributed by atoms with Crippen LogP contribution < -0.4 is 5.73 Å². The summed E-state index contributed by atoms with van der Waals surface area (Å²) in [6.45, 7) is 4.15. The average molecular weight is 279 g/mol. The van der Waals surface area contributed by atoms with E-state index in [9.17, 15) is 0 Å². The fraction of sp³-hybridized carbons (Fsp3) is 0.188. The molecule has 0 aliphatic rings. The van der Waals surface area contributed by atoms with Crippen LogP contribution in [-0.2, 0) is 6.42 Å². The SMILES string of the molecule is CCc1cccc(-n2nnnc2-c2cc(C)ccc2N)c1. The molecule has 0 unspecified atom stereocenters. The van der Waals surface area contributed by atoms with Crippen LogP contribution in [0.4, 0.5) is 5.69 Å². The summed E-state index contributed by atoms with van der Waals surface area (Å²) in [4.78, 5) is 0. The molecule has 0 amide bonds. The highest BCUT2D eigenvalue weighted by Gasteiger charge is 2.13. The van der Waals surface area contributed by atoms with Crippen LogP contribution in [0.5, 0.6) is 0 Å². The number of anilines is 1. The second kappa shape index (κ2) is 5.36. The van der Waals surface area contributed by atoms with E-state index in [1.165, 1.54) is 5.56 Å². The summed E-state index contributed by atoms with van der Waals surface area (Å²) >= 11 is 0. The molecule has 0 aliphatic carbocycles. The first-order valence-corrected chi connectivity index (χ1v) is 6.93. The number of nitrogens with two attached hydrogens (primary N) is 1. The number of aromatic nitrogens is 4. The molecule has 0 bridgehead atoms. The molecule has 0 radical (unpaired) electrons. The summed E-state index contributed by atoms with van der Waals surface area (Å²) in [7, 11) is 0. The second-order valence-electron chi connectivity index (χ2n) is 5.03. The van der Waals surface area contributed by atoms with E-state index in [1.54, 1.807) is 4.68 Å². The molecule has 2 N–H and O–H groups in total. The van der Waals surface area contributed by atoms with E-state index < -0.39 is 0 Å². The summed E-state index contributed by atoms with van der Waals surface area (Å²) in [5, 5.41) is 12.1. The second-order valence-corrected chi connectivity index (χ2v) is 5.03. The summed E-state index contributed by atoms with van der Waals surface area (Å²) in [6, 6.07) is 14.0. The number of benzene rings is 2. The molecule has 0 aliphatic heterocycles. The lowest BCUT2D eigenvalue weighted by Gasteiger charge is -2.08. The zero-order valence-electron chi connectivity index (χ0n) is 12.1.